The quantitative estimate of drug-likeness (QED) is 0.704. The van der Waals surface area contributed by atoms with Crippen LogP contribution < -0.4 is 4.74 Å². The highest BCUT2D eigenvalue weighted by atomic mass is 19.4. The van der Waals surface area contributed by atoms with Crippen LogP contribution in [0.2, 0.25) is 0 Å². The molecule has 2 aliphatic rings. The minimum atomic E-state index is -4.72. The zero-order valence-corrected chi connectivity index (χ0v) is 16.1. The second kappa shape index (κ2) is 7.66. The maximum absolute atomic E-state index is 12.6. The molecular formula is C20H24F3NO4. The van der Waals surface area contributed by atoms with Crippen LogP contribution >= 0.6 is 0 Å². The number of halogens is 3. The Morgan fingerprint density at radius 2 is 2.00 bits per heavy atom. The summed E-state index contributed by atoms with van der Waals surface area (Å²) >= 11 is 0. The molecule has 1 fully saturated rings. The van der Waals surface area contributed by atoms with Gasteiger partial charge in [-0.2, -0.15) is 0 Å². The van der Waals surface area contributed by atoms with Gasteiger partial charge in [-0.25, -0.2) is 4.79 Å². The van der Waals surface area contributed by atoms with E-state index in [0.717, 1.165) is 11.1 Å². The van der Waals surface area contributed by atoms with Gasteiger partial charge in [0, 0.05) is 0 Å². The fourth-order valence-electron chi connectivity index (χ4n) is 3.53. The van der Waals surface area contributed by atoms with Gasteiger partial charge in [0.05, 0.1) is 25.3 Å². The molecule has 154 valence electrons. The summed E-state index contributed by atoms with van der Waals surface area (Å²) in [6.45, 7) is 6.23. The molecule has 0 radical (unpaired) electrons. The van der Waals surface area contributed by atoms with E-state index in [1.807, 2.05) is 26.8 Å². The topological polar surface area (TPSA) is 48.0 Å². The van der Waals surface area contributed by atoms with E-state index in [-0.39, 0.29) is 23.9 Å². The summed E-state index contributed by atoms with van der Waals surface area (Å²) in [6.07, 6.45) is -2.06. The van der Waals surface area contributed by atoms with E-state index in [0.29, 0.717) is 26.1 Å². The monoisotopic (exact) mass is 399 g/mol. The van der Waals surface area contributed by atoms with Crippen molar-refractivity contribution in [2.75, 3.05) is 13.2 Å². The number of carbonyl (C=O) groups excluding carboxylic acids is 1. The number of carbonyl (C=O) groups is 1. The number of fused-ring (bicyclic) bond motifs is 2. The second-order valence-electron chi connectivity index (χ2n) is 8.05. The average molecular weight is 399 g/mol. The lowest BCUT2D eigenvalue weighted by Crippen LogP contribution is -2.57. The van der Waals surface area contributed by atoms with Crippen molar-refractivity contribution in [3.8, 4) is 5.75 Å². The van der Waals surface area contributed by atoms with E-state index >= 15 is 0 Å². The van der Waals surface area contributed by atoms with Crippen molar-refractivity contribution in [2.24, 2.45) is 0 Å². The summed E-state index contributed by atoms with van der Waals surface area (Å²) in [7, 11) is 0. The number of ether oxygens (including phenoxy) is 3. The van der Waals surface area contributed by atoms with Gasteiger partial charge in [-0.15, -0.1) is 13.2 Å². The summed E-state index contributed by atoms with van der Waals surface area (Å²) in [5.41, 5.74) is 1.19. The standard InChI is InChI=1S/C20H24F3NO4/c1-19(2,3)28-18(25)24-15-8-14(9-16(24)12-26-11-15)7-13-5-4-6-17(10-13)27-20(21,22)23/h4-6,8,10,15-16H,7,9,11-12H2,1-3H3. The fourth-order valence-corrected chi connectivity index (χ4v) is 3.53. The van der Waals surface area contributed by atoms with Crippen LogP contribution in [0.5, 0.6) is 5.75 Å². The van der Waals surface area contributed by atoms with Crippen molar-refractivity contribution in [1.29, 1.82) is 0 Å². The Kier molecular flexibility index (Phi) is 5.61. The van der Waals surface area contributed by atoms with Gasteiger partial charge in [0.15, 0.2) is 0 Å². The molecule has 0 saturated carbocycles. The molecule has 8 heteroatoms. The SMILES string of the molecule is CC(C)(C)OC(=O)N1C2C=C(Cc3cccc(OC(F)(F)F)c3)CC1COC2. The van der Waals surface area contributed by atoms with Crippen LogP contribution in [-0.2, 0) is 15.9 Å². The van der Waals surface area contributed by atoms with Crippen LogP contribution in [0, 0.1) is 0 Å². The lowest BCUT2D eigenvalue weighted by molar-refractivity contribution is -0.274. The van der Waals surface area contributed by atoms with E-state index < -0.39 is 12.0 Å². The Balaban J connectivity index is 1.73. The third-order valence-corrected chi connectivity index (χ3v) is 4.44. The molecule has 1 amide bonds. The lowest BCUT2D eigenvalue weighted by atomic mass is 9.90. The molecule has 0 aliphatic carbocycles. The van der Waals surface area contributed by atoms with Gasteiger partial charge in [0.25, 0.3) is 0 Å². The van der Waals surface area contributed by atoms with Crippen LogP contribution in [-0.4, -0.2) is 48.3 Å². The molecule has 2 atom stereocenters. The Morgan fingerprint density at radius 1 is 1.25 bits per heavy atom. The number of amides is 1. The van der Waals surface area contributed by atoms with Crippen molar-refractivity contribution in [2.45, 2.75) is 57.7 Å². The van der Waals surface area contributed by atoms with Gasteiger partial charge < -0.3 is 14.2 Å². The van der Waals surface area contributed by atoms with Crippen LogP contribution in [0.1, 0.15) is 32.8 Å². The number of hydrogen-bond donors (Lipinski definition) is 0. The molecule has 1 aromatic carbocycles. The summed E-state index contributed by atoms with van der Waals surface area (Å²) < 4.78 is 52.4. The van der Waals surface area contributed by atoms with Crippen molar-refractivity contribution in [3.63, 3.8) is 0 Å². The molecule has 2 heterocycles. The Bertz CT molecular complexity index is 755. The van der Waals surface area contributed by atoms with E-state index in [1.165, 1.54) is 18.2 Å². The highest BCUT2D eigenvalue weighted by Gasteiger charge is 2.40. The fraction of sp³-hybridized carbons (Fsp3) is 0.550. The minimum absolute atomic E-state index is 0.150. The van der Waals surface area contributed by atoms with Gasteiger partial charge in [0.2, 0.25) is 0 Å². The van der Waals surface area contributed by atoms with E-state index in [2.05, 4.69) is 4.74 Å². The molecule has 0 N–H and O–H groups in total. The molecule has 2 bridgehead atoms. The van der Waals surface area contributed by atoms with E-state index in [1.54, 1.807) is 11.0 Å². The molecule has 1 aromatic rings. The van der Waals surface area contributed by atoms with Gasteiger partial charge in [-0.05, 0) is 51.3 Å². The molecule has 5 nitrogen and oxygen atoms in total. The van der Waals surface area contributed by atoms with Gasteiger partial charge in [-0.1, -0.05) is 23.8 Å². The maximum atomic E-state index is 12.6. The Morgan fingerprint density at radius 3 is 2.64 bits per heavy atom. The first kappa shape index (κ1) is 20.5. The van der Waals surface area contributed by atoms with Crippen molar-refractivity contribution in [3.05, 3.63) is 41.5 Å². The predicted molar refractivity (Wildman–Crippen MR) is 96.0 cm³/mol. The first-order valence-electron chi connectivity index (χ1n) is 9.13. The highest BCUT2D eigenvalue weighted by Crippen LogP contribution is 2.31. The molecular weight excluding hydrogens is 375 g/mol. The Labute approximate surface area is 162 Å². The largest absolute Gasteiger partial charge is 0.573 e. The third kappa shape index (κ3) is 5.41. The molecule has 1 saturated heterocycles. The number of alkyl halides is 3. The van der Waals surface area contributed by atoms with E-state index in [9.17, 15) is 18.0 Å². The van der Waals surface area contributed by atoms with Gasteiger partial charge in [0.1, 0.15) is 11.4 Å². The van der Waals surface area contributed by atoms with Crippen molar-refractivity contribution >= 4 is 6.09 Å². The molecule has 0 spiro atoms. The predicted octanol–water partition coefficient (Wildman–Crippen LogP) is 4.46. The number of nitrogens with zero attached hydrogens (tertiary/aromatic N) is 1. The van der Waals surface area contributed by atoms with E-state index in [4.69, 9.17) is 9.47 Å². The molecule has 0 aromatic heterocycles. The summed E-state index contributed by atoms with van der Waals surface area (Å²) in [5, 5.41) is 0. The van der Waals surface area contributed by atoms with Crippen LogP contribution in [0.4, 0.5) is 18.0 Å². The maximum Gasteiger partial charge on any atom is 0.573 e. The summed E-state index contributed by atoms with van der Waals surface area (Å²) in [4.78, 5) is 14.3. The summed E-state index contributed by atoms with van der Waals surface area (Å²) in [6, 6.07) is 5.57. The van der Waals surface area contributed by atoms with Crippen molar-refractivity contribution in [1.82, 2.24) is 4.90 Å². The van der Waals surface area contributed by atoms with Gasteiger partial charge in [-0.3, -0.25) is 4.90 Å². The number of morpholine rings is 1. The molecule has 3 rings (SSSR count). The van der Waals surface area contributed by atoms with Crippen LogP contribution in [0.25, 0.3) is 0 Å². The number of benzene rings is 1. The molecule has 28 heavy (non-hydrogen) atoms. The van der Waals surface area contributed by atoms with Crippen LogP contribution in [0.3, 0.4) is 0 Å². The van der Waals surface area contributed by atoms with Gasteiger partial charge >= 0.3 is 12.5 Å². The Hall–Kier alpha value is -2.22. The number of hydrogen-bond acceptors (Lipinski definition) is 4. The zero-order chi connectivity index (χ0) is 20.5. The highest BCUT2D eigenvalue weighted by molar-refractivity contribution is 5.70. The van der Waals surface area contributed by atoms with Crippen molar-refractivity contribution < 1.29 is 32.2 Å². The smallest absolute Gasteiger partial charge is 0.444 e. The molecule has 2 aliphatic heterocycles. The zero-order valence-electron chi connectivity index (χ0n) is 16.1. The first-order valence-corrected chi connectivity index (χ1v) is 9.13. The molecule has 2 unspecified atom stereocenters. The minimum Gasteiger partial charge on any atom is -0.444 e. The lowest BCUT2D eigenvalue weighted by Gasteiger charge is -2.44. The van der Waals surface area contributed by atoms with Crippen LogP contribution in [0.15, 0.2) is 35.9 Å². The normalized spacial score (nSPS) is 22.5. The first-order chi connectivity index (χ1) is 13.0. The second-order valence-corrected chi connectivity index (χ2v) is 8.05. The number of rotatable bonds is 3. The third-order valence-electron chi connectivity index (χ3n) is 4.44. The average Bonchev–Trinajstić information content (AvgIpc) is 2.51. The summed E-state index contributed by atoms with van der Waals surface area (Å²) in [5.74, 6) is -0.236.